The van der Waals surface area contributed by atoms with E-state index in [9.17, 15) is 9.59 Å². The van der Waals surface area contributed by atoms with Crippen molar-refractivity contribution in [2.45, 2.75) is 26.3 Å². The molecule has 0 saturated carbocycles. The monoisotopic (exact) mass is 466 g/mol. The van der Waals surface area contributed by atoms with Gasteiger partial charge in [-0.2, -0.15) is 0 Å². The zero-order chi connectivity index (χ0) is 21.7. The maximum atomic E-state index is 12.8. The molecule has 3 aromatic rings. The second-order valence-electron chi connectivity index (χ2n) is 7.79. The summed E-state index contributed by atoms with van der Waals surface area (Å²) >= 11 is 3.41. The van der Waals surface area contributed by atoms with Gasteiger partial charge in [-0.05, 0) is 57.2 Å². The van der Waals surface area contributed by atoms with Crippen LogP contribution < -0.4 is 10.6 Å². The van der Waals surface area contributed by atoms with E-state index in [1.165, 1.54) is 6.08 Å². The summed E-state index contributed by atoms with van der Waals surface area (Å²) < 4.78 is 6.86. The van der Waals surface area contributed by atoms with Gasteiger partial charge in [0.2, 0.25) is 0 Å². The number of amides is 2. The molecule has 0 fully saturated rings. The lowest BCUT2D eigenvalue weighted by atomic mass is 10.1. The summed E-state index contributed by atoms with van der Waals surface area (Å²) in [5.74, 6) is 0.359. The molecule has 0 saturated heterocycles. The molecule has 1 aromatic heterocycles. The van der Waals surface area contributed by atoms with Crippen LogP contribution in [0.25, 0.3) is 17.4 Å². The summed E-state index contributed by atoms with van der Waals surface area (Å²) in [4.78, 5) is 25.4. The molecule has 0 unspecified atom stereocenters. The van der Waals surface area contributed by atoms with Gasteiger partial charge in [0.05, 0.1) is 0 Å². The first kappa shape index (κ1) is 21.6. The van der Waals surface area contributed by atoms with Gasteiger partial charge in [0.25, 0.3) is 11.8 Å². The molecule has 0 atom stereocenters. The van der Waals surface area contributed by atoms with Crippen LogP contribution in [0, 0.1) is 0 Å². The summed E-state index contributed by atoms with van der Waals surface area (Å²) in [5, 5.41) is 5.58. The second-order valence-corrected chi connectivity index (χ2v) is 8.71. The first-order chi connectivity index (χ1) is 14.2. The molecular formula is C24H23BrN2O3. The molecule has 0 radical (unpaired) electrons. The van der Waals surface area contributed by atoms with E-state index < -0.39 is 11.4 Å². The molecule has 2 N–H and O–H groups in total. The summed E-state index contributed by atoms with van der Waals surface area (Å²) in [7, 11) is 0. The average molecular weight is 467 g/mol. The molecule has 30 heavy (non-hydrogen) atoms. The Balaban J connectivity index is 1.89. The number of hydrogen-bond donors (Lipinski definition) is 2. The smallest absolute Gasteiger partial charge is 0.268 e. The third kappa shape index (κ3) is 5.94. The summed E-state index contributed by atoms with van der Waals surface area (Å²) in [6, 6.07) is 20.0. The minimum atomic E-state index is -0.459. The van der Waals surface area contributed by atoms with Gasteiger partial charge in [-0.25, -0.2) is 0 Å². The fraction of sp³-hybridized carbons (Fsp3) is 0.167. The lowest BCUT2D eigenvalue weighted by molar-refractivity contribution is -0.119. The molecule has 0 aliphatic heterocycles. The van der Waals surface area contributed by atoms with E-state index in [-0.39, 0.29) is 11.6 Å². The summed E-state index contributed by atoms with van der Waals surface area (Å²) in [6.45, 7) is 5.63. The zero-order valence-electron chi connectivity index (χ0n) is 17.0. The topological polar surface area (TPSA) is 71.3 Å². The van der Waals surface area contributed by atoms with Gasteiger partial charge in [0.1, 0.15) is 17.2 Å². The van der Waals surface area contributed by atoms with E-state index in [0.717, 1.165) is 10.0 Å². The van der Waals surface area contributed by atoms with Crippen molar-refractivity contribution in [3.05, 3.63) is 88.2 Å². The van der Waals surface area contributed by atoms with Crippen molar-refractivity contribution < 1.29 is 14.0 Å². The third-order valence-corrected chi connectivity index (χ3v) is 4.59. The van der Waals surface area contributed by atoms with Gasteiger partial charge >= 0.3 is 0 Å². The van der Waals surface area contributed by atoms with Crippen LogP contribution in [0.3, 0.4) is 0 Å². The molecule has 1 heterocycles. The zero-order valence-corrected chi connectivity index (χ0v) is 18.6. The Kier molecular flexibility index (Phi) is 6.57. The normalized spacial score (nSPS) is 11.8. The molecule has 0 bridgehead atoms. The van der Waals surface area contributed by atoms with Crippen LogP contribution >= 0.6 is 15.9 Å². The summed E-state index contributed by atoms with van der Waals surface area (Å²) in [5.41, 5.74) is 1.02. The van der Waals surface area contributed by atoms with Crippen LogP contribution in [0.15, 0.2) is 81.3 Å². The quantitative estimate of drug-likeness (QED) is 0.494. The Morgan fingerprint density at radius 1 is 0.933 bits per heavy atom. The number of carbonyl (C=O) groups excluding carboxylic acids is 2. The fourth-order valence-electron chi connectivity index (χ4n) is 2.69. The number of benzene rings is 2. The highest BCUT2D eigenvalue weighted by molar-refractivity contribution is 9.10. The van der Waals surface area contributed by atoms with Gasteiger partial charge in [0.15, 0.2) is 0 Å². The van der Waals surface area contributed by atoms with E-state index in [0.29, 0.717) is 17.1 Å². The molecule has 0 spiro atoms. The van der Waals surface area contributed by atoms with Crippen LogP contribution in [0.1, 0.15) is 36.9 Å². The lowest BCUT2D eigenvalue weighted by Gasteiger charge is -2.21. The van der Waals surface area contributed by atoms with E-state index >= 15 is 0 Å². The number of furan rings is 1. The highest BCUT2D eigenvalue weighted by Crippen LogP contribution is 2.25. The van der Waals surface area contributed by atoms with Crippen LogP contribution in [0.4, 0.5) is 0 Å². The molecule has 0 aliphatic carbocycles. The Bertz CT molecular complexity index is 1060. The Morgan fingerprint density at radius 2 is 1.60 bits per heavy atom. The molecule has 6 heteroatoms. The fourth-order valence-corrected chi connectivity index (χ4v) is 2.96. The molecule has 2 amide bonds. The van der Waals surface area contributed by atoms with Crippen molar-refractivity contribution in [3.8, 4) is 11.3 Å². The molecule has 5 nitrogen and oxygen atoms in total. The minimum absolute atomic E-state index is 0.107. The van der Waals surface area contributed by atoms with Gasteiger partial charge in [0, 0.05) is 27.2 Å². The molecular weight excluding hydrogens is 444 g/mol. The van der Waals surface area contributed by atoms with Crippen molar-refractivity contribution in [3.63, 3.8) is 0 Å². The Labute approximate surface area is 184 Å². The number of carbonyl (C=O) groups is 2. The number of rotatable bonds is 5. The second kappa shape index (κ2) is 9.13. The van der Waals surface area contributed by atoms with E-state index in [4.69, 9.17) is 4.42 Å². The van der Waals surface area contributed by atoms with Gasteiger partial charge in [-0.15, -0.1) is 0 Å². The summed E-state index contributed by atoms with van der Waals surface area (Å²) in [6.07, 6.45) is 1.53. The van der Waals surface area contributed by atoms with Crippen molar-refractivity contribution in [1.29, 1.82) is 0 Å². The minimum Gasteiger partial charge on any atom is -0.457 e. The van der Waals surface area contributed by atoms with Crippen LogP contribution in [0.2, 0.25) is 0 Å². The first-order valence-electron chi connectivity index (χ1n) is 9.48. The maximum absolute atomic E-state index is 12.8. The number of hydrogen-bond acceptors (Lipinski definition) is 3. The standard InChI is InChI=1S/C24H23BrN2O3/c1-24(2,3)27-23(29)20(26-22(28)17-7-5-4-6-8-17)15-19-13-14-21(30-19)16-9-11-18(25)12-10-16/h4-15H,1-3H3,(H,26,28)(H,27,29)/b20-15+. The van der Waals surface area contributed by atoms with Gasteiger partial charge in [-0.3, -0.25) is 9.59 Å². The van der Waals surface area contributed by atoms with Crippen molar-refractivity contribution in [2.75, 3.05) is 0 Å². The average Bonchev–Trinajstić information content (AvgIpc) is 3.16. The van der Waals surface area contributed by atoms with E-state index in [1.54, 1.807) is 30.3 Å². The van der Waals surface area contributed by atoms with Crippen LogP contribution in [-0.4, -0.2) is 17.4 Å². The molecule has 0 aliphatic rings. The number of nitrogens with one attached hydrogen (secondary N) is 2. The van der Waals surface area contributed by atoms with Crippen molar-refractivity contribution >= 4 is 33.8 Å². The predicted molar refractivity (Wildman–Crippen MR) is 122 cm³/mol. The van der Waals surface area contributed by atoms with Crippen molar-refractivity contribution in [1.82, 2.24) is 10.6 Å². The molecule has 154 valence electrons. The van der Waals surface area contributed by atoms with Crippen LogP contribution in [-0.2, 0) is 4.79 Å². The highest BCUT2D eigenvalue weighted by Gasteiger charge is 2.20. The van der Waals surface area contributed by atoms with Crippen LogP contribution in [0.5, 0.6) is 0 Å². The van der Waals surface area contributed by atoms with Gasteiger partial charge in [-0.1, -0.05) is 46.3 Å². The van der Waals surface area contributed by atoms with Crippen molar-refractivity contribution in [2.24, 2.45) is 0 Å². The largest absolute Gasteiger partial charge is 0.457 e. The lowest BCUT2D eigenvalue weighted by Crippen LogP contribution is -2.44. The van der Waals surface area contributed by atoms with E-state index in [1.807, 2.05) is 57.2 Å². The Hall–Kier alpha value is -3.12. The van der Waals surface area contributed by atoms with E-state index in [2.05, 4.69) is 26.6 Å². The first-order valence-corrected chi connectivity index (χ1v) is 10.3. The predicted octanol–water partition coefficient (Wildman–Crippen LogP) is 5.39. The van der Waals surface area contributed by atoms with Gasteiger partial charge < -0.3 is 15.1 Å². The maximum Gasteiger partial charge on any atom is 0.268 e. The number of halogens is 1. The molecule has 2 aromatic carbocycles. The SMILES string of the molecule is CC(C)(C)NC(=O)/C(=C\c1ccc(-c2ccc(Br)cc2)o1)NC(=O)c1ccccc1. The third-order valence-electron chi connectivity index (χ3n) is 4.06. The Morgan fingerprint density at radius 3 is 2.23 bits per heavy atom. The molecule has 3 rings (SSSR count). The highest BCUT2D eigenvalue weighted by atomic mass is 79.9.